The third-order valence-electron chi connectivity index (χ3n) is 3.64. The van der Waals surface area contributed by atoms with Gasteiger partial charge in [0.15, 0.2) is 0 Å². The molecule has 0 fully saturated rings. The first-order valence-electron chi connectivity index (χ1n) is 7.67. The van der Waals surface area contributed by atoms with Crippen LogP contribution in [0.2, 0.25) is 0 Å². The number of nitrogens with one attached hydrogen (secondary N) is 2. The summed E-state index contributed by atoms with van der Waals surface area (Å²) < 4.78 is 5.74. The predicted molar refractivity (Wildman–Crippen MR) is 90.6 cm³/mol. The maximum absolute atomic E-state index is 11.7. The Hall–Kier alpha value is -2.56. The molecule has 0 saturated heterocycles. The predicted octanol–water partition coefficient (Wildman–Crippen LogP) is 2.89. The molecule has 0 aliphatic carbocycles. The molecule has 0 aliphatic rings. The lowest BCUT2D eigenvalue weighted by molar-refractivity contribution is 0.236. The second-order valence-corrected chi connectivity index (χ2v) is 5.52. The van der Waals surface area contributed by atoms with Crippen molar-refractivity contribution in [2.24, 2.45) is 0 Å². The van der Waals surface area contributed by atoms with Crippen LogP contribution in [0.5, 0.6) is 5.75 Å². The number of hydrogen-bond acceptors (Lipinski definition) is 3. The summed E-state index contributed by atoms with van der Waals surface area (Å²) in [4.78, 5) is 15.6. The third-order valence-corrected chi connectivity index (χ3v) is 3.64. The summed E-state index contributed by atoms with van der Waals surface area (Å²) in [5.74, 6) is 0.868. The van der Waals surface area contributed by atoms with Crippen LogP contribution >= 0.6 is 0 Å². The minimum atomic E-state index is -0.206. The summed E-state index contributed by atoms with van der Waals surface area (Å²) in [7, 11) is 0. The van der Waals surface area contributed by atoms with Gasteiger partial charge in [0.25, 0.3) is 0 Å². The van der Waals surface area contributed by atoms with E-state index < -0.39 is 0 Å². The zero-order valence-electron chi connectivity index (χ0n) is 13.8. The second-order valence-electron chi connectivity index (χ2n) is 5.52. The van der Waals surface area contributed by atoms with Gasteiger partial charge in [0.05, 0.1) is 6.54 Å². The minimum absolute atomic E-state index is 0.206. The molecule has 0 bridgehead atoms. The van der Waals surface area contributed by atoms with Gasteiger partial charge in [-0.2, -0.15) is 0 Å². The van der Waals surface area contributed by atoms with Gasteiger partial charge >= 0.3 is 6.03 Å². The van der Waals surface area contributed by atoms with Crippen LogP contribution in [0.25, 0.3) is 0 Å². The van der Waals surface area contributed by atoms with E-state index in [-0.39, 0.29) is 6.03 Å². The van der Waals surface area contributed by atoms with E-state index in [9.17, 15) is 4.79 Å². The molecule has 0 radical (unpaired) electrons. The molecule has 2 amide bonds. The highest BCUT2D eigenvalue weighted by atomic mass is 16.5. The lowest BCUT2D eigenvalue weighted by Gasteiger charge is -2.12. The Kier molecular flexibility index (Phi) is 5.97. The zero-order valence-corrected chi connectivity index (χ0v) is 13.8. The van der Waals surface area contributed by atoms with Gasteiger partial charge in [0.2, 0.25) is 0 Å². The van der Waals surface area contributed by atoms with Crippen molar-refractivity contribution in [1.82, 2.24) is 15.6 Å². The fourth-order valence-corrected chi connectivity index (χ4v) is 2.16. The van der Waals surface area contributed by atoms with Crippen LogP contribution in [0.3, 0.4) is 0 Å². The number of nitrogens with zero attached hydrogens (tertiary/aromatic N) is 1. The third kappa shape index (κ3) is 5.29. The molecule has 5 nitrogen and oxygen atoms in total. The first-order chi connectivity index (χ1) is 11.1. The van der Waals surface area contributed by atoms with Gasteiger partial charge in [0, 0.05) is 18.9 Å². The molecule has 23 heavy (non-hydrogen) atoms. The lowest BCUT2D eigenvalue weighted by atomic mass is 10.1. The van der Waals surface area contributed by atoms with Crippen LogP contribution in [0.4, 0.5) is 4.79 Å². The number of benzene rings is 1. The molecule has 0 unspecified atom stereocenters. The Balaban J connectivity index is 1.69. The highest BCUT2D eigenvalue weighted by Gasteiger charge is 2.04. The number of hydrogen-bond donors (Lipinski definition) is 2. The highest BCUT2D eigenvalue weighted by Crippen LogP contribution is 2.22. The van der Waals surface area contributed by atoms with Gasteiger partial charge in [-0.3, -0.25) is 4.98 Å². The zero-order chi connectivity index (χ0) is 16.7. The van der Waals surface area contributed by atoms with Crippen molar-refractivity contribution in [3.05, 3.63) is 58.9 Å². The number of aryl methyl sites for hydroxylation is 3. The summed E-state index contributed by atoms with van der Waals surface area (Å²) in [6, 6.07) is 7.67. The summed E-state index contributed by atoms with van der Waals surface area (Å²) in [6.07, 6.45) is 3.41. The monoisotopic (exact) mass is 313 g/mol. The molecular formula is C18H23N3O2. The van der Waals surface area contributed by atoms with Crippen LogP contribution in [-0.4, -0.2) is 24.2 Å². The average molecular weight is 313 g/mol. The number of carbonyl (C=O) groups excluding carboxylic acids is 1. The average Bonchev–Trinajstić information content (AvgIpc) is 2.55. The molecule has 122 valence electrons. The van der Waals surface area contributed by atoms with E-state index in [0.717, 1.165) is 16.9 Å². The van der Waals surface area contributed by atoms with Crippen molar-refractivity contribution in [3.63, 3.8) is 0 Å². The molecule has 2 N–H and O–H groups in total. The molecule has 1 heterocycles. The normalized spacial score (nSPS) is 10.2. The van der Waals surface area contributed by atoms with Crippen molar-refractivity contribution >= 4 is 6.03 Å². The van der Waals surface area contributed by atoms with Crippen LogP contribution in [0.1, 0.15) is 22.3 Å². The van der Waals surface area contributed by atoms with Crippen molar-refractivity contribution in [3.8, 4) is 5.75 Å². The number of rotatable bonds is 6. The van der Waals surface area contributed by atoms with E-state index in [1.165, 1.54) is 11.1 Å². The topological polar surface area (TPSA) is 63.2 Å². The molecule has 0 saturated carbocycles. The highest BCUT2D eigenvalue weighted by molar-refractivity contribution is 5.73. The maximum Gasteiger partial charge on any atom is 0.315 e. The molecule has 0 atom stereocenters. The first kappa shape index (κ1) is 16.8. The number of urea groups is 1. The van der Waals surface area contributed by atoms with Gasteiger partial charge in [-0.1, -0.05) is 6.07 Å². The van der Waals surface area contributed by atoms with E-state index in [0.29, 0.717) is 19.7 Å². The number of carbonyl (C=O) groups is 1. The number of aromatic nitrogens is 1. The fourth-order valence-electron chi connectivity index (χ4n) is 2.16. The van der Waals surface area contributed by atoms with Crippen LogP contribution in [-0.2, 0) is 6.54 Å². The SMILES string of the molecule is Cc1cc(C)c(OCCNC(=O)NCc2ccncc2)cc1C. The largest absolute Gasteiger partial charge is 0.491 e. The van der Waals surface area contributed by atoms with Crippen molar-refractivity contribution in [1.29, 1.82) is 0 Å². The summed E-state index contributed by atoms with van der Waals surface area (Å²) in [6.45, 7) is 7.54. The molecule has 2 aromatic rings. The Morgan fingerprint density at radius 3 is 2.48 bits per heavy atom. The standard InChI is InChI=1S/C18H23N3O2/c1-13-10-15(3)17(11-14(13)2)23-9-8-20-18(22)21-12-16-4-6-19-7-5-16/h4-7,10-11H,8-9,12H2,1-3H3,(H2,20,21,22). The quantitative estimate of drug-likeness (QED) is 0.806. The van der Waals surface area contributed by atoms with Gasteiger partial charge in [-0.05, 0) is 61.2 Å². The second kappa shape index (κ2) is 8.17. The lowest BCUT2D eigenvalue weighted by Crippen LogP contribution is -2.37. The van der Waals surface area contributed by atoms with Crippen LogP contribution in [0, 0.1) is 20.8 Å². The molecule has 0 spiro atoms. The molecular weight excluding hydrogens is 290 g/mol. The van der Waals surface area contributed by atoms with Crippen molar-refractivity contribution in [2.75, 3.05) is 13.2 Å². The minimum Gasteiger partial charge on any atom is -0.491 e. The maximum atomic E-state index is 11.7. The Morgan fingerprint density at radius 1 is 1.04 bits per heavy atom. The van der Waals surface area contributed by atoms with E-state index in [1.54, 1.807) is 12.4 Å². The molecule has 1 aromatic heterocycles. The van der Waals surface area contributed by atoms with Crippen LogP contribution < -0.4 is 15.4 Å². The Bertz CT molecular complexity index is 657. The summed E-state index contributed by atoms with van der Waals surface area (Å²) in [5.41, 5.74) is 4.57. The smallest absolute Gasteiger partial charge is 0.315 e. The van der Waals surface area contributed by atoms with Crippen LogP contribution in [0.15, 0.2) is 36.7 Å². The number of ether oxygens (including phenoxy) is 1. The molecule has 2 rings (SSSR count). The van der Waals surface area contributed by atoms with Gasteiger partial charge in [-0.25, -0.2) is 4.79 Å². The summed E-state index contributed by atoms with van der Waals surface area (Å²) >= 11 is 0. The fraction of sp³-hybridized carbons (Fsp3) is 0.333. The van der Waals surface area contributed by atoms with E-state index >= 15 is 0 Å². The van der Waals surface area contributed by atoms with Gasteiger partial charge in [-0.15, -0.1) is 0 Å². The van der Waals surface area contributed by atoms with Gasteiger partial charge < -0.3 is 15.4 Å². The van der Waals surface area contributed by atoms with Crippen molar-refractivity contribution in [2.45, 2.75) is 27.3 Å². The number of amides is 2. The molecule has 5 heteroatoms. The van der Waals surface area contributed by atoms with Gasteiger partial charge in [0.1, 0.15) is 12.4 Å². The van der Waals surface area contributed by atoms with E-state index in [1.807, 2.05) is 25.1 Å². The van der Waals surface area contributed by atoms with E-state index in [2.05, 4.69) is 35.5 Å². The Labute approximate surface area is 137 Å². The molecule has 0 aliphatic heterocycles. The first-order valence-corrected chi connectivity index (χ1v) is 7.67. The van der Waals surface area contributed by atoms with E-state index in [4.69, 9.17) is 4.74 Å². The number of pyridine rings is 1. The summed E-state index contributed by atoms with van der Waals surface area (Å²) in [5, 5.41) is 5.57. The Morgan fingerprint density at radius 2 is 1.74 bits per heavy atom. The molecule has 1 aromatic carbocycles. The van der Waals surface area contributed by atoms with Crippen molar-refractivity contribution < 1.29 is 9.53 Å².